The Hall–Kier alpha value is -3.03. The van der Waals surface area contributed by atoms with Gasteiger partial charge >= 0.3 is 0 Å². The summed E-state index contributed by atoms with van der Waals surface area (Å²) >= 11 is 0. The highest BCUT2D eigenvalue weighted by Crippen LogP contribution is 2.31. The third kappa shape index (κ3) is 3.85. The minimum atomic E-state index is 0.713. The highest BCUT2D eigenvalue weighted by Gasteiger charge is 2.26. The number of rotatable bonds is 4. The Morgan fingerprint density at radius 3 is 2.64 bits per heavy atom. The Labute approximate surface area is 194 Å². The van der Waals surface area contributed by atoms with E-state index in [9.17, 15) is 0 Å². The molecular formula is C26H31N7. The SMILES string of the molecule is CCc1ccc2c(-c3cnn4cc(N5CCC(N6CCNCC6)CC5)cnc34)ccnc2c1. The average Bonchev–Trinajstić information content (AvgIpc) is 3.31. The van der Waals surface area contributed by atoms with Gasteiger partial charge < -0.3 is 10.2 Å². The lowest BCUT2D eigenvalue weighted by Gasteiger charge is -2.40. The summed E-state index contributed by atoms with van der Waals surface area (Å²) in [7, 11) is 0. The van der Waals surface area contributed by atoms with E-state index >= 15 is 0 Å². The van der Waals surface area contributed by atoms with Gasteiger partial charge in [-0.2, -0.15) is 5.10 Å². The van der Waals surface area contributed by atoms with Gasteiger partial charge in [0.2, 0.25) is 0 Å². The van der Waals surface area contributed by atoms with Crippen LogP contribution >= 0.6 is 0 Å². The zero-order valence-electron chi connectivity index (χ0n) is 19.2. The predicted octanol–water partition coefficient (Wildman–Crippen LogP) is 3.38. The van der Waals surface area contributed by atoms with Crippen LogP contribution in [0.1, 0.15) is 25.3 Å². The molecule has 2 fully saturated rings. The number of anilines is 1. The topological polar surface area (TPSA) is 61.6 Å². The van der Waals surface area contributed by atoms with Gasteiger partial charge in [-0.05, 0) is 42.5 Å². The first-order valence-electron chi connectivity index (χ1n) is 12.2. The van der Waals surface area contributed by atoms with Crippen LogP contribution in [-0.4, -0.2) is 69.8 Å². The largest absolute Gasteiger partial charge is 0.369 e. The first kappa shape index (κ1) is 20.6. The Kier molecular flexibility index (Phi) is 5.44. The molecule has 2 saturated heterocycles. The molecule has 0 atom stereocenters. The van der Waals surface area contributed by atoms with Gasteiger partial charge in [-0.3, -0.25) is 9.88 Å². The number of aromatic nitrogens is 4. The Bertz CT molecular complexity index is 1270. The number of nitrogens with one attached hydrogen (secondary N) is 1. The highest BCUT2D eigenvalue weighted by atomic mass is 15.3. The number of hydrogen-bond acceptors (Lipinski definition) is 6. The van der Waals surface area contributed by atoms with Crippen LogP contribution in [0, 0.1) is 0 Å². The van der Waals surface area contributed by atoms with Crippen molar-refractivity contribution < 1.29 is 0 Å². The molecule has 3 aromatic heterocycles. The van der Waals surface area contributed by atoms with Crippen LogP contribution < -0.4 is 10.2 Å². The second-order valence-electron chi connectivity index (χ2n) is 9.21. The fraction of sp³-hybridized carbons (Fsp3) is 0.423. The van der Waals surface area contributed by atoms with Gasteiger partial charge in [0, 0.05) is 62.5 Å². The molecule has 0 unspecified atom stereocenters. The summed E-state index contributed by atoms with van der Waals surface area (Å²) in [6.45, 7) is 8.92. The van der Waals surface area contributed by atoms with Gasteiger partial charge in [0.05, 0.1) is 29.8 Å². The van der Waals surface area contributed by atoms with Gasteiger partial charge in [-0.25, -0.2) is 9.50 Å². The lowest BCUT2D eigenvalue weighted by molar-refractivity contribution is 0.150. The van der Waals surface area contributed by atoms with Crippen molar-refractivity contribution in [1.29, 1.82) is 0 Å². The van der Waals surface area contributed by atoms with Gasteiger partial charge in [0.1, 0.15) is 0 Å². The molecule has 7 heteroatoms. The maximum absolute atomic E-state index is 4.86. The predicted molar refractivity (Wildman–Crippen MR) is 133 cm³/mol. The first-order valence-corrected chi connectivity index (χ1v) is 12.2. The van der Waals surface area contributed by atoms with Crippen molar-refractivity contribution in [2.24, 2.45) is 0 Å². The number of piperidine rings is 1. The lowest BCUT2D eigenvalue weighted by atomic mass is 10.0. The Morgan fingerprint density at radius 1 is 0.970 bits per heavy atom. The van der Waals surface area contributed by atoms with Crippen LogP contribution in [0.3, 0.4) is 0 Å². The van der Waals surface area contributed by atoms with Crippen molar-refractivity contribution >= 4 is 22.2 Å². The molecule has 5 heterocycles. The molecule has 0 saturated carbocycles. The number of hydrogen-bond donors (Lipinski definition) is 1. The molecule has 33 heavy (non-hydrogen) atoms. The second-order valence-corrected chi connectivity index (χ2v) is 9.21. The van der Waals surface area contributed by atoms with Crippen molar-refractivity contribution in [2.75, 3.05) is 44.2 Å². The molecule has 7 nitrogen and oxygen atoms in total. The van der Waals surface area contributed by atoms with E-state index in [0.717, 1.165) is 66.0 Å². The first-order chi connectivity index (χ1) is 16.3. The average molecular weight is 442 g/mol. The van der Waals surface area contributed by atoms with Crippen LogP contribution in [0.15, 0.2) is 49.1 Å². The summed E-state index contributed by atoms with van der Waals surface area (Å²) < 4.78 is 1.93. The smallest absolute Gasteiger partial charge is 0.162 e. The fourth-order valence-corrected chi connectivity index (χ4v) is 5.40. The standard InChI is InChI=1S/C26H31N7/c1-2-19-3-4-23-22(5-8-28-25(23)15-19)24-17-30-33-18-21(16-29-26(24)33)31-11-6-20(7-12-31)32-13-9-27-10-14-32/h3-5,8,15-18,20,27H,2,6-7,9-14H2,1H3. The number of nitrogens with zero attached hydrogens (tertiary/aromatic N) is 6. The number of fused-ring (bicyclic) bond motifs is 2. The fourth-order valence-electron chi connectivity index (χ4n) is 5.40. The molecule has 170 valence electrons. The molecule has 2 aliphatic heterocycles. The molecule has 0 amide bonds. The van der Waals surface area contributed by atoms with Crippen molar-refractivity contribution in [2.45, 2.75) is 32.2 Å². The quantitative estimate of drug-likeness (QED) is 0.524. The Morgan fingerprint density at radius 2 is 1.82 bits per heavy atom. The summed E-state index contributed by atoms with van der Waals surface area (Å²) in [6, 6.07) is 9.33. The lowest BCUT2D eigenvalue weighted by Crippen LogP contribution is -2.52. The maximum atomic E-state index is 4.86. The van der Waals surface area contributed by atoms with E-state index in [1.54, 1.807) is 0 Å². The molecule has 0 spiro atoms. The van der Waals surface area contributed by atoms with Gasteiger partial charge in [-0.15, -0.1) is 0 Å². The zero-order valence-corrected chi connectivity index (χ0v) is 19.2. The second kappa shape index (κ2) is 8.72. The van der Waals surface area contributed by atoms with E-state index in [1.807, 2.05) is 23.1 Å². The monoisotopic (exact) mass is 441 g/mol. The molecule has 2 aliphatic rings. The highest BCUT2D eigenvalue weighted by molar-refractivity contribution is 5.97. The summed E-state index contributed by atoms with van der Waals surface area (Å²) in [5, 5.41) is 9.28. The summed E-state index contributed by atoms with van der Waals surface area (Å²) in [5.74, 6) is 0. The summed E-state index contributed by atoms with van der Waals surface area (Å²) in [4.78, 5) is 14.6. The minimum absolute atomic E-state index is 0.713. The third-order valence-corrected chi connectivity index (χ3v) is 7.35. The van der Waals surface area contributed by atoms with E-state index in [-0.39, 0.29) is 0 Å². The van der Waals surface area contributed by atoms with E-state index < -0.39 is 0 Å². The van der Waals surface area contributed by atoms with Crippen molar-refractivity contribution in [3.8, 4) is 11.1 Å². The molecule has 1 aromatic carbocycles. The van der Waals surface area contributed by atoms with Crippen LogP contribution in [-0.2, 0) is 6.42 Å². The van der Waals surface area contributed by atoms with Crippen LogP contribution in [0.25, 0.3) is 27.7 Å². The van der Waals surface area contributed by atoms with E-state index in [2.05, 4.69) is 62.6 Å². The number of aryl methyl sites for hydroxylation is 1. The van der Waals surface area contributed by atoms with Gasteiger partial charge in [0.25, 0.3) is 0 Å². The van der Waals surface area contributed by atoms with E-state index in [0.29, 0.717) is 6.04 Å². The molecule has 1 N–H and O–H groups in total. The van der Waals surface area contributed by atoms with Crippen LogP contribution in [0.2, 0.25) is 0 Å². The molecule has 0 bridgehead atoms. The maximum Gasteiger partial charge on any atom is 0.162 e. The minimum Gasteiger partial charge on any atom is -0.369 e. The number of pyridine rings is 1. The molecule has 6 rings (SSSR count). The van der Waals surface area contributed by atoms with Crippen molar-refractivity contribution in [3.05, 3.63) is 54.6 Å². The van der Waals surface area contributed by atoms with E-state index in [4.69, 9.17) is 4.98 Å². The summed E-state index contributed by atoms with van der Waals surface area (Å²) in [6.07, 6.45) is 11.4. The molecule has 0 radical (unpaired) electrons. The number of piperazine rings is 1. The molecular weight excluding hydrogens is 410 g/mol. The van der Waals surface area contributed by atoms with Gasteiger partial charge in [-0.1, -0.05) is 19.1 Å². The normalized spacial score (nSPS) is 18.4. The molecule has 0 aliphatic carbocycles. The Balaban J connectivity index is 1.25. The summed E-state index contributed by atoms with van der Waals surface area (Å²) in [5.41, 5.74) is 6.56. The zero-order chi connectivity index (χ0) is 22.2. The number of benzene rings is 1. The van der Waals surface area contributed by atoms with Crippen molar-refractivity contribution in [1.82, 2.24) is 29.8 Å². The van der Waals surface area contributed by atoms with Crippen molar-refractivity contribution in [3.63, 3.8) is 0 Å². The third-order valence-electron chi connectivity index (χ3n) is 7.35. The van der Waals surface area contributed by atoms with Gasteiger partial charge in [0.15, 0.2) is 5.65 Å². The molecule has 4 aromatic rings. The van der Waals surface area contributed by atoms with Crippen LogP contribution in [0.4, 0.5) is 5.69 Å². The van der Waals surface area contributed by atoms with E-state index in [1.165, 1.54) is 31.5 Å². The van der Waals surface area contributed by atoms with Crippen LogP contribution in [0.5, 0.6) is 0 Å².